The first-order chi connectivity index (χ1) is 8.20. The van der Waals surface area contributed by atoms with Crippen molar-refractivity contribution in [2.75, 3.05) is 7.11 Å². The number of aliphatic hydroxyl groups excluding tert-OH is 1. The fraction of sp³-hybridized carbons (Fsp3) is 0.231. The summed E-state index contributed by atoms with van der Waals surface area (Å²) in [5.41, 5.74) is 0.936. The van der Waals surface area contributed by atoms with E-state index < -0.39 is 6.10 Å². The van der Waals surface area contributed by atoms with Crippen molar-refractivity contribution in [3.63, 3.8) is 0 Å². The molecule has 0 saturated carbocycles. The van der Waals surface area contributed by atoms with Crippen LogP contribution in [0.3, 0.4) is 0 Å². The van der Waals surface area contributed by atoms with Crippen molar-refractivity contribution in [3.8, 4) is 5.75 Å². The van der Waals surface area contributed by atoms with E-state index >= 15 is 0 Å². The van der Waals surface area contributed by atoms with Crippen molar-refractivity contribution in [1.82, 2.24) is 0 Å². The normalized spacial score (nSPS) is 12.4. The molecule has 2 aromatic rings. The van der Waals surface area contributed by atoms with Crippen LogP contribution in [0.4, 0.5) is 0 Å². The Hall–Kier alpha value is -1.26. The van der Waals surface area contributed by atoms with E-state index in [0.29, 0.717) is 12.2 Å². The summed E-state index contributed by atoms with van der Waals surface area (Å²) in [5.74, 6) is 1.32. The molecule has 17 heavy (non-hydrogen) atoms. The van der Waals surface area contributed by atoms with Gasteiger partial charge in [0.2, 0.25) is 0 Å². The van der Waals surface area contributed by atoms with E-state index in [1.54, 1.807) is 25.5 Å². The lowest BCUT2D eigenvalue weighted by Gasteiger charge is -2.12. The third-order valence-electron chi connectivity index (χ3n) is 2.53. The lowest BCUT2D eigenvalue weighted by molar-refractivity contribution is 0.149. The fourth-order valence-electron chi connectivity index (χ4n) is 1.70. The highest BCUT2D eigenvalue weighted by molar-refractivity contribution is 9.10. The first-order valence-corrected chi connectivity index (χ1v) is 6.04. The second kappa shape index (κ2) is 5.38. The first kappa shape index (κ1) is 12.2. The molecule has 4 heteroatoms. The van der Waals surface area contributed by atoms with Gasteiger partial charge in [-0.15, -0.1) is 0 Å². The Bertz CT molecular complexity index is 479. The molecule has 1 aromatic carbocycles. The molecular formula is C13H13BrO3. The highest BCUT2D eigenvalue weighted by Gasteiger charge is 2.14. The van der Waals surface area contributed by atoms with Gasteiger partial charge in [-0.05, 0) is 35.9 Å². The first-order valence-electron chi connectivity index (χ1n) is 5.24. The molecule has 0 aliphatic rings. The van der Waals surface area contributed by atoms with Gasteiger partial charge < -0.3 is 14.3 Å². The quantitative estimate of drug-likeness (QED) is 0.941. The molecule has 90 valence electrons. The van der Waals surface area contributed by atoms with Crippen molar-refractivity contribution in [2.45, 2.75) is 12.5 Å². The fourth-order valence-corrected chi connectivity index (χ4v) is 2.10. The van der Waals surface area contributed by atoms with Gasteiger partial charge in [-0.25, -0.2) is 0 Å². The monoisotopic (exact) mass is 296 g/mol. The smallest absolute Gasteiger partial charge is 0.132 e. The van der Waals surface area contributed by atoms with Crippen LogP contribution in [0.25, 0.3) is 0 Å². The molecule has 1 atom stereocenters. The Kier molecular flexibility index (Phi) is 3.86. The predicted molar refractivity (Wildman–Crippen MR) is 68.1 cm³/mol. The van der Waals surface area contributed by atoms with Crippen LogP contribution in [0, 0.1) is 0 Å². The molecule has 0 spiro atoms. The van der Waals surface area contributed by atoms with Gasteiger partial charge in [-0.3, -0.25) is 0 Å². The van der Waals surface area contributed by atoms with Crippen molar-refractivity contribution >= 4 is 15.9 Å². The minimum Gasteiger partial charge on any atom is -0.496 e. The number of hydrogen-bond donors (Lipinski definition) is 1. The number of halogens is 1. The number of aliphatic hydroxyl groups is 1. The molecule has 0 fully saturated rings. The van der Waals surface area contributed by atoms with Crippen LogP contribution in [0.5, 0.6) is 5.75 Å². The Labute approximate surface area is 108 Å². The van der Waals surface area contributed by atoms with Crippen molar-refractivity contribution in [2.24, 2.45) is 0 Å². The van der Waals surface area contributed by atoms with E-state index in [1.807, 2.05) is 18.2 Å². The van der Waals surface area contributed by atoms with Crippen LogP contribution in [0.2, 0.25) is 0 Å². The third kappa shape index (κ3) is 2.90. The predicted octanol–water partition coefficient (Wildman–Crippen LogP) is 3.33. The van der Waals surface area contributed by atoms with Gasteiger partial charge in [-0.1, -0.05) is 15.9 Å². The van der Waals surface area contributed by atoms with Gasteiger partial charge in [0.05, 0.1) is 13.4 Å². The zero-order valence-electron chi connectivity index (χ0n) is 9.39. The van der Waals surface area contributed by atoms with E-state index in [-0.39, 0.29) is 0 Å². The molecule has 1 N–H and O–H groups in total. The number of hydrogen-bond acceptors (Lipinski definition) is 3. The van der Waals surface area contributed by atoms with Crippen LogP contribution in [-0.2, 0) is 6.42 Å². The van der Waals surface area contributed by atoms with Crippen LogP contribution >= 0.6 is 15.9 Å². The second-order valence-electron chi connectivity index (χ2n) is 3.69. The summed E-state index contributed by atoms with van der Waals surface area (Å²) in [7, 11) is 1.62. The average Bonchev–Trinajstić information content (AvgIpc) is 2.83. The van der Waals surface area contributed by atoms with E-state index in [4.69, 9.17) is 9.15 Å². The van der Waals surface area contributed by atoms with Crippen molar-refractivity contribution < 1.29 is 14.3 Å². The molecule has 1 aromatic heterocycles. The number of methoxy groups -OCH3 is 1. The molecule has 2 rings (SSSR count). The standard InChI is InChI=1S/C13H13BrO3/c1-16-12-5-4-10(14)7-9(12)8-11(15)13-3-2-6-17-13/h2-7,11,15H,8H2,1H3. The number of benzene rings is 1. The molecule has 0 amide bonds. The SMILES string of the molecule is COc1ccc(Br)cc1CC(O)c1ccco1. The summed E-state index contributed by atoms with van der Waals surface area (Å²) in [4.78, 5) is 0. The summed E-state index contributed by atoms with van der Waals surface area (Å²) < 4.78 is 11.4. The summed E-state index contributed by atoms with van der Waals surface area (Å²) in [6.45, 7) is 0. The molecule has 0 radical (unpaired) electrons. The number of furan rings is 1. The lowest BCUT2D eigenvalue weighted by atomic mass is 10.1. The van der Waals surface area contributed by atoms with Crippen LogP contribution in [0.15, 0.2) is 45.5 Å². The van der Waals surface area contributed by atoms with Gasteiger partial charge >= 0.3 is 0 Å². The highest BCUT2D eigenvalue weighted by Crippen LogP contribution is 2.28. The molecule has 0 saturated heterocycles. The maximum Gasteiger partial charge on any atom is 0.132 e. The van der Waals surface area contributed by atoms with E-state index in [2.05, 4.69) is 15.9 Å². The maximum atomic E-state index is 10.0. The Balaban J connectivity index is 2.20. The topological polar surface area (TPSA) is 42.6 Å². The Morgan fingerprint density at radius 1 is 1.41 bits per heavy atom. The maximum absolute atomic E-state index is 10.0. The largest absolute Gasteiger partial charge is 0.496 e. The van der Waals surface area contributed by atoms with Crippen molar-refractivity contribution in [3.05, 3.63) is 52.4 Å². The molecule has 1 heterocycles. The minimum atomic E-state index is -0.659. The molecule has 0 bridgehead atoms. The van der Waals surface area contributed by atoms with Crippen LogP contribution < -0.4 is 4.74 Å². The van der Waals surface area contributed by atoms with E-state index in [9.17, 15) is 5.11 Å². The van der Waals surface area contributed by atoms with Gasteiger partial charge in [-0.2, -0.15) is 0 Å². The molecule has 0 aliphatic heterocycles. The van der Waals surface area contributed by atoms with Gasteiger partial charge in [0, 0.05) is 10.9 Å². The third-order valence-corrected chi connectivity index (χ3v) is 3.02. The van der Waals surface area contributed by atoms with Gasteiger partial charge in [0.15, 0.2) is 0 Å². The zero-order chi connectivity index (χ0) is 12.3. The zero-order valence-corrected chi connectivity index (χ0v) is 11.0. The van der Waals surface area contributed by atoms with Crippen molar-refractivity contribution in [1.29, 1.82) is 0 Å². The van der Waals surface area contributed by atoms with Crippen LogP contribution in [-0.4, -0.2) is 12.2 Å². The summed E-state index contributed by atoms with van der Waals surface area (Å²) in [6.07, 6.45) is 1.35. The summed E-state index contributed by atoms with van der Waals surface area (Å²) in [5, 5.41) is 10.0. The Morgan fingerprint density at radius 3 is 2.88 bits per heavy atom. The second-order valence-corrected chi connectivity index (χ2v) is 4.61. The number of rotatable bonds is 4. The minimum absolute atomic E-state index is 0.454. The highest BCUT2D eigenvalue weighted by atomic mass is 79.9. The number of ether oxygens (including phenoxy) is 1. The van der Waals surface area contributed by atoms with Crippen LogP contribution in [0.1, 0.15) is 17.4 Å². The summed E-state index contributed by atoms with van der Waals surface area (Å²) >= 11 is 3.40. The lowest BCUT2D eigenvalue weighted by Crippen LogP contribution is -2.02. The molecule has 0 aliphatic carbocycles. The summed E-state index contributed by atoms with van der Waals surface area (Å²) in [6, 6.07) is 9.23. The van der Waals surface area contributed by atoms with E-state index in [1.165, 1.54) is 0 Å². The van der Waals surface area contributed by atoms with Gasteiger partial charge in [0.1, 0.15) is 17.6 Å². The Morgan fingerprint density at radius 2 is 2.24 bits per heavy atom. The molecule has 3 nitrogen and oxygen atoms in total. The molecular weight excluding hydrogens is 284 g/mol. The van der Waals surface area contributed by atoms with Gasteiger partial charge in [0.25, 0.3) is 0 Å². The average molecular weight is 297 g/mol. The molecule has 1 unspecified atom stereocenters. The van der Waals surface area contributed by atoms with E-state index in [0.717, 1.165) is 15.8 Å².